The van der Waals surface area contributed by atoms with E-state index in [0.717, 1.165) is 11.1 Å². The fraction of sp³-hybridized carbons (Fsp3) is 0.222. The van der Waals surface area contributed by atoms with Gasteiger partial charge in [0.05, 0.1) is 39.9 Å². The van der Waals surface area contributed by atoms with Crippen molar-refractivity contribution in [1.82, 2.24) is 15.0 Å². The molecule has 1 aliphatic heterocycles. The molecule has 10 nitrogen and oxygen atoms in total. The van der Waals surface area contributed by atoms with E-state index >= 15 is 0 Å². The van der Waals surface area contributed by atoms with Crippen molar-refractivity contribution in [2.45, 2.75) is 12.5 Å². The Morgan fingerprint density at radius 3 is 2.26 bits per heavy atom. The van der Waals surface area contributed by atoms with Crippen LogP contribution in [0.1, 0.15) is 15.9 Å². The lowest BCUT2D eigenvalue weighted by Gasteiger charge is -2.30. The Morgan fingerprint density at radius 1 is 0.974 bits per heavy atom. The lowest BCUT2D eigenvalue weighted by atomic mass is 10.1. The van der Waals surface area contributed by atoms with Gasteiger partial charge in [-0.15, -0.1) is 0 Å². The Balaban J connectivity index is 1.34. The highest BCUT2D eigenvalue weighted by molar-refractivity contribution is 6.40. The third-order valence-electron chi connectivity index (χ3n) is 6.20. The highest BCUT2D eigenvalue weighted by Crippen LogP contribution is 2.28. The van der Waals surface area contributed by atoms with Gasteiger partial charge in [0, 0.05) is 37.6 Å². The van der Waals surface area contributed by atoms with Gasteiger partial charge in [0.2, 0.25) is 0 Å². The number of halogens is 2. The van der Waals surface area contributed by atoms with Crippen molar-refractivity contribution in [2.24, 2.45) is 0 Å². The van der Waals surface area contributed by atoms with Gasteiger partial charge in [-0.3, -0.25) is 9.78 Å². The maximum atomic E-state index is 12.6. The van der Waals surface area contributed by atoms with Crippen LogP contribution >= 0.6 is 23.2 Å². The molecule has 0 bridgehead atoms. The fourth-order valence-electron chi connectivity index (χ4n) is 4.23. The number of fused-ring (bicyclic) bond motifs is 1. The van der Waals surface area contributed by atoms with Crippen LogP contribution in [0.25, 0.3) is 11.0 Å². The molecule has 4 aromatic rings. The molecule has 12 heteroatoms. The molecule has 1 fully saturated rings. The molecular formula is C27H24Cl2N6O4. The van der Waals surface area contributed by atoms with Crippen LogP contribution in [0.4, 0.5) is 17.3 Å². The number of benzene rings is 2. The van der Waals surface area contributed by atoms with Gasteiger partial charge in [-0.05, 0) is 29.8 Å². The lowest BCUT2D eigenvalue weighted by molar-refractivity contribution is -0.137. The molecule has 1 amide bonds. The highest BCUT2D eigenvalue weighted by Gasteiger charge is 2.24. The van der Waals surface area contributed by atoms with E-state index in [0.29, 0.717) is 49.1 Å². The molecule has 0 saturated carbocycles. The summed E-state index contributed by atoms with van der Waals surface area (Å²) in [6.45, 7) is 2.36. The van der Waals surface area contributed by atoms with Crippen LogP contribution in [0.15, 0.2) is 60.9 Å². The smallest absolute Gasteiger partial charge is 0.326 e. The van der Waals surface area contributed by atoms with Gasteiger partial charge < -0.3 is 25.4 Å². The van der Waals surface area contributed by atoms with Crippen LogP contribution < -0.4 is 15.5 Å². The Bertz CT molecular complexity index is 1490. The standard InChI is InChI=1S/C27H24Cl2N6O4/c28-18-14-30-15-19(29)23(18)26(36)31-17-7-5-16(6-8-17)13-22(27(37)38)33-24-25(35-9-11-39-12-10-35)34-21-4-2-1-3-20(21)32-24/h1-8,14-15,22H,9-13H2,(H,31,36)(H,32,33)(H,37,38). The summed E-state index contributed by atoms with van der Waals surface area (Å²) in [7, 11) is 0. The van der Waals surface area contributed by atoms with Crippen molar-refractivity contribution in [3.05, 3.63) is 82.1 Å². The van der Waals surface area contributed by atoms with Crippen molar-refractivity contribution in [1.29, 1.82) is 0 Å². The van der Waals surface area contributed by atoms with E-state index in [1.54, 1.807) is 24.3 Å². The first-order chi connectivity index (χ1) is 18.9. The molecular weight excluding hydrogens is 543 g/mol. The van der Waals surface area contributed by atoms with Gasteiger partial charge in [-0.25, -0.2) is 14.8 Å². The number of hydrogen-bond donors (Lipinski definition) is 3. The zero-order valence-corrected chi connectivity index (χ0v) is 22.1. The number of carboxylic acids is 1. The molecule has 200 valence electrons. The summed E-state index contributed by atoms with van der Waals surface area (Å²) in [5.41, 5.74) is 2.76. The van der Waals surface area contributed by atoms with Crippen LogP contribution in [0.2, 0.25) is 10.0 Å². The fourth-order valence-corrected chi connectivity index (χ4v) is 4.77. The predicted octanol–water partition coefficient (Wildman–Crippen LogP) is 4.53. The quantitative estimate of drug-likeness (QED) is 0.281. The number of para-hydroxylation sites is 2. The molecule has 2 aromatic carbocycles. The second-order valence-corrected chi connectivity index (χ2v) is 9.67. The van der Waals surface area contributed by atoms with Gasteiger partial charge in [0.1, 0.15) is 6.04 Å². The lowest BCUT2D eigenvalue weighted by Crippen LogP contribution is -2.38. The van der Waals surface area contributed by atoms with E-state index in [4.69, 9.17) is 37.9 Å². The number of carbonyl (C=O) groups excluding carboxylic acids is 1. The number of rotatable bonds is 8. The second-order valence-electron chi connectivity index (χ2n) is 8.85. The summed E-state index contributed by atoms with van der Waals surface area (Å²) < 4.78 is 5.47. The molecule has 3 heterocycles. The summed E-state index contributed by atoms with van der Waals surface area (Å²) in [5.74, 6) is -0.513. The SMILES string of the molecule is O=C(Nc1ccc(CC(Nc2nc3ccccc3nc2N2CCOCC2)C(=O)O)cc1)c1c(Cl)cncc1Cl. The topological polar surface area (TPSA) is 130 Å². The first-order valence-corrected chi connectivity index (χ1v) is 12.9. The average Bonchev–Trinajstić information content (AvgIpc) is 2.93. The third kappa shape index (κ3) is 6.19. The molecule has 3 N–H and O–H groups in total. The normalized spacial score (nSPS) is 14.2. The molecule has 1 saturated heterocycles. The number of pyridine rings is 1. The molecule has 1 atom stereocenters. The first kappa shape index (κ1) is 26.6. The molecule has 5 rings (SSSR count). The summed E-state index contributed by atoms with van der Waals surface area (Å²) in [6.07, 6.45) is 2.85. The minimum Gasteiger partial charge on any atom is -0.480 e. The number of aliphatic carboxylic acids is 1. The van der Waals surface area contributed by atoms with Crippen LogP contribution in [-0.4, -0.2) is 64.3 Å². The average molecular weight is 567 g/mol. The van der Waals surface area contributed by atoms with E-state index < -0.39 is 17.9 Å². The van der Waals surface area contributed by atoms with Crippen molar-refractivity contribution in [3.63, 3.8) is 0 Å². The zero-order chi connectivity index (χ0) is 27.4. The van der Waals surface area contributed by atoms with Gasteiger partial charge in [0.25, 0.3) is 5.91 Å². The Kier molecular flexibility index (Phi) is 8.06. The number of amides is 1. The molecule has 1 aliphatic rings. The van der Waals surface area contributed by atoms with Gasteiger partial charge in [-0.2, -0.15) is 0 Å². The Morgan fingerprint density at radius 2 is 1.62 bits per heavy atom. The third-order valence-corrected chi connectivity index (χ3v) is 6.78. The number of nitrogens with zero attached hydrogens (tertiary/aromatic N) is 4. The minimum atomic E-state index is -1.03. The number of ether oxygens (including phenoxy) is 1. The van der Waals surface area contributed by atoms with Crippen molar-refractivity contribution in [2.75, 3.05) is 41.8 Å². The zero-order valence-electron chi connectivity index (χ0n) is 20.6. The number of nitrogens with one attached hydrogen (secondary N) is 2. The van der Waals surface area contributed by atoms with Gasteiger partial charge in [-0.1, -0.05) is 47.5 Å². The molecule has 0 spiro atoms. The number of hydrogen-bond acceptors (Lipinski definition) is 8. The van der Waals surface area contributed by atoms with E-state index in [9.17, 15) is 14.7 Å². The predicted molar refractivity (Wildman–Crippen MR) is 150 cm³/mol. The molecule has 0 radical (unpaired) electrons. The summed E-state index contributed by atoms with van der Waals surface area (Å²) >= 11 is 12.1. The molecule has 0 aliphatic carbocycles. The van der Waals surface area contributed by atoms with E-state index in [-0.39, 0.29) is 22.0 Å². The Labute approximate surface area is 233 Å². The van der Waals surface area contributed by atoms with Crippen LogP contribution in [-0.2, 0) is 16.0 Å². The van der Waals surface area contributed by atoms with Crippen LogP contribution in [0, 0.1) is 0 Å². The van der Waals surface area contributed by atoms with E-state index in [1.807, 2.05) is 29.2 Å². The van der Waals surface area contributed by atoms with Crippen LogP contribution in [0.3, 0.4) is 0 Å². The number of carboxylic acid groups (broad SMARTS) is 1. The molecule has 1 unspecified atom stereocenters. The van der Waals surface area contributed by atoms with Crippen molar-refractivity contribution < 1.29 is 19.4 Å². The number of carbonyl (C=O) groups is 2. The number of morpholine rings is 1. The number of aromatic nitrogens is 3. The molecule has 39 heavy (non-hydrogen) atoms. The Hall–Kier alpha value is -3.99. The summed E-state index contributed by atoms with van der Waals surface area (Å²) in [5, 5.41) is 16.2. The first-order valence-electron chi connectivity index (χ1n) is 12.2. The van der Waals surface area contributed by atoms with Gasteiger partial charge in [0.15, 0.2) is 11.6 Å². The molecule has 2 aromatic heterocycles. The monoisotopic (exact) mass is 566 g/mol. The minimum absolute atomic E-state index is 0.125. The maximum absolute atomic E-state index is 12.6. The number of anilines is 3. The van der Waals surface area contributed by atoms with E-state index in [2.05, 4.69) is 15.6 Å². The second kappa shape index (κ2) is 11.8. The highest BCUT2D eigenvalue weighted by atomic mass is 35.5. The summed E-state index contributed by atoms with van der Waals surface area (Å²) in [6, 6.07) is 13.4. The summed E-state index contributed by atoms with van der Waals surface area (Å²) in [4.78, 5) is 40.3. The van der Waals surface area contributed by atoms with Crippen molar-refractivity contribution in [3.8, 4) is 0 Å². The van der Waals surface area contributed by atoms with Gasteiger partial charge >= 0.3 is 5.97 Å². The maximum Gasteiger partial charge on any atom is 0.326 e. The van der Waals surface area contributed by atoms with Crippen LogP contribution in [0.5, 0.6) is 0 Å². The van der Waals surface area contributed by atoms with Crippen molar-refractivity contribution >= 4 is 63.4 Å². The largest absolute Gasteiger partial charge is 0.480 e. The van der Waals surface area contributed by atoms with E-state index in [1.165, 1.54) is 12.4 Å².